The largest absolute Gasteiger partial charge is 0.379 e. The van der Waals surface area contributed by atoms with Crippen LogP contribution in [0, 0.1) is 5.82 Å². The minimum absolute atomic E-state index is 0.186. The monoisotopic (exact) mass is 457 g/mol. The number of rotatable bonds is 8. The molecule has 1 aliphatic rings. The first-order valence-corrected chi connectivity index (χ1v) is 11.7. The molecule has 0 saturated carbocycles. The predicted molar refractivity (Wildman–Crippen MR) is 120 cm³/mol. The number of halogens is 1. The number of hydrogen-bond acceptors (Lipinski definition) is 7. The first-order valence-electron chi connectivity index (χ1n) is 10.3. The van der Waals surface area contributed by atoms with Gasteiger partial charge in [-0.1, -0.05) is 0 Å². The van der Waals surface area contributed by atoms with Gasteiger partial charge in [-0.25, -0.2) is 27.5 Å². The Labute approximate surface area is 186 Å². The van der Waals surface area contributed by atoms with E-state index >= 15 is 0 Å². The van der Waals surface area contributed by atoms with Gasteiger partial charge in [0.05, 0.1) is 23.8 Å². The van der Waals surface area contributed by atoms with Gasteiger partial charge in [0, 0.05) is 43.6 Å². The second-order valence-corrected chi connectivity index (χ2v) is 9.04. The topological polar surface area (TPSA) is 96.5 Å². The summed E-state index contributed by atoms with van der Waals surface area (Å²) in [6.07, 6.45) is 1.60. The Balaban J connectivity index is 1.37. The lowest BCUT2D eigenvalue weighted by molar-refractivity contribution is 0.0390. The summed E-state index contributed by atoms with van der Waals surface area (Å²) < 4.78 is 46.2. The molecule has 10 heteroatoms. The zero-order chi connectivity index (χ0) is 22.4. The van der Waals surface area contributed by atoms with E-state index in [0.29, 0.717) is 43.6 Å². The third kappa shape index (κ3) is 5.86. The quantitative estimate of drug-likeness (QED) is 0.537. The summed E-state index contributed by atoms with van der Waals surface area (Å²) in [5, 5.41) is 3.06. The van der Waals surface area contributed by atoms with Crippen molar-refractivity contribution in [2.45, 2.75) is 4.90 Å². The van der Waals surface area contributed by atoms with Crippen LogP contribution in [0.1, 0.15) is 0 Å². The molecule has 4 rings (SSSR count). The average Bonchev–Trinajstić information content (AvgIpc) is 2.81. The molecule has 0 atom stereocenters. The van der Waals surface area contributed by atoms with Crippen LogP contribution in [0.5, 0.6) is 0 Å². The summed E-state index contributed by atoms with van der Waals surface area (Å²) in [4.78, 5) is 11.0. The molecule has 1 aromatic heterocycles. The van der Waals surface area contributed by atoms with Crippen LogP contribution in [-0.2, 0) is 14.8 Å². The van der Waals surface area contributed by atoms with Crippen molar-refractivity contribution in [3.63, 3.8) is 0 Å². The number of nitrogens with zero attached hydrogens (tertiary/aromatic N) is 3. The Bertz CT molecular complexity index is 1130. The van der Waals surface area contributed by atoms with Crippen molar-refractivity contribution in [1.82, 2.24) is 19.6 Å². The van der Waals surface area contributed by atoms with Crippen LogP contribution in [0.4, 0.5) is 16.0 Å². The molecule has 0 spiro atoms. The number of aromatic nitrogens is 2. The van der Waals surface area contributed by atoms with Crippen LogP contribution >= 0.6 is 0 Å². The maximum Gasteiger partial charge on any atom is 0.240 e. The SMILES string of the molecule is O=S(=O)(NCCN1CCOCC1)c1ccc(Nc2nccc(-c3ccc(F)cc3)n2)cc1. The number of benzene rings is 2. The molecule has 2 aromatic carbocycles. The Kier molecular flexibility index (Phi) is 7.05. The predicted octanol–water partition coefficient (Wildman–Crippen LogP) is 2.64. The first kappa shape index (κ1) is 22.3. The third-order valence-electron chi connectivity index (χ3n) is 5.04. The molecular weight excluding hydrogens is 433 g/mol. The van der Waals surface area contributed by atoms with Crippen LogP contribution in [-0.4, -0.2) is 62.7 Å². The highest BCUT2D eigenvalue weighted by atomic mass is 32.2. The molecule has 0 aliphatic carbocycles. The number of nitrogens with one attached hydrogen (secondary N) is 2. The minimum atomic E-state index is -3.59. The molecule has 3 aromatic rings. The zero-order valence-corrected chi connectivity index (χ0v) is 18.2. The van der Waals surface area contributed by atoms with E-state index in [1.807, 2.05) is 0 Å². The Morgan fingerprint density at radius 3 is 2.44 bits per heavy atom. The highest BCUT2D eigenvalue weighted by Gasteiger charge is 2.15. The van der Waals surface area contributed by atoms with Gasteiger partial charge in [0.25, 0.3) is 0 Å². The lowest BCUT2D eigenvalue weighted by atomic mass is 10.1. The fraction of sp³-hybridized carbons (Fsp3) is 0.273. The van der Waals surface area contributed by atoms with Crippen LogP contribution in [0.2, 0.25) is 0 Å². The second kappa shape index (κ2) is 10.1. The van der Waals surface area contributed by atoms with Crippen molar-refractivity contribution in [3.8, 4) is 11.3 Å². The van der Waals surface area contributed by atoms with Crippen molar-refractivity contribution >= 4 is 21.7 Å². The summed E-state index contributed by atoms with van der Waals surface area (Å²) in [6, 6.07) is 14.1. The molecule has 0 unspecified atom stereocenters. The van der Waals surface area contributed by atoms with E-state index < -0.39 is 10.0 Å². The summed E-state index contributed by atoms with van der Waals surface area (Å²) in [6.45, 7) is 3.96. The Morgan fingerprint density at radius 2 is 1.72 bits per heavy atom. The van der Waals surface area contributed by atoms with Crippen molar-refractivity contribution < 1.29 is 17.5 Å². The number of morpholine rings is 1. The van der Waals surface area contributed by atoms with Crippen molar-refractivity contribution in [2.75, 3.05) is 44.7 Å². The molecule has 2 N–H and O–H groups in total. The molecule has 32 heavy (non-hydrogen) atoms. The standard InChI is InChI=1S/C22H24FN5O3S/c23-18-3-1-17(2-4-18)21-9-10-24-22(27-21)26-19-5-7-20(8-6-19)32(29,30)25-11-12-28-13-15-31-16-14-28/h1-10,25H,11-16H2,(H,24,26,27). The molecule has 168 valence electrons. The molecule has 1 fully saturated rings. The number of anilines is 2. The van der Waals surface area contributed by atoms with Gasteiger partial charge in [0.2, 0.25) is 16.0 Å². The molecule has 2 heterocycles. The summed E-state index contributed by atoms with van der Waals surface area (Å²) in [5.74, 6) is 0.0397. The van der Waals surface area contributed by atoms with Gasteiger partial charge >= 0.3 is 0 Å². The van der Waals surface area contributed by atoms with Gasteiger partial charge in [-0.15, -0.1) is 0 Å². The van der Waals surface area contributed by atoms with Gasteiger partial charge in [0.1, 0.15) is 5.82 Å². The van der Waals surface area contributed by atoms with Crippen LogP contribution in [0.15, 0.2) is 65.7 Å². The zero-order valence-electron chi connectivity index (χ0n) is 17.4. The van der Waals surface area contributed by atoms with E-state index in [0.717, 1.165) is 18.7 Å². The number of ether oxygens (including phenoxy) is 1. The molecular formula is C22H24FN5O3S. The van der Waals surface area contributed by atoms with E-state index in [1.165, 1.54) is 24.3 Å². The Hall–Kier alpha value is -2.92. The van der Waals surface area contributed by atoms with E-state index in [-0.39, 0.29) is 10.7 Å². The number of hydrogen-bond donors (Lipinski definition) is 2. The minimum Gasteiger partial charge on any atom is -0.379 e. The summed E-state index contributed by atoms with van der Waals surface area (Å²) in [5.41, 5.74) is 2.06. The fourth-order valence-corrected chi connectivity index (χ4v) is 4.31. The smallest absolute Gasteiger partial charge is 0.240 e. The van der Waals surface area contributed by atoms with Crippen molar-refractivity contribution in [1.29, 1.82) is 0 Å². The van der Waals surface area contributed by atoms with Crippen LogP contribution in [0.25, 0.3) is 11.3 Å². The Morgan fingerprint density at radius 1 is 1.00 bits per heavy atom. The first-order chi connectivity index (χ1) is 15.5. The van der Waals surface area contributed by atoms with Crippen LogP contribution in [0.3, 0.4) is 0 Å². The highest BCUT2D eigenvalue weighted by molar-refractivity contribution is 7.89. The maximum atomic E-state index is 13.1. The van der Waals surface area contributed by atoms with Gasteiger partial charge in [-0.05, 0) is 54.6 Å². The normalized spacial score (nSPS) is 14.9. The van der Waals surface area contributed by atoms with Gasteiger partial charge < -0.3 is 10.1 Å². The fourth-order valence-electron chi connectivity index (χ4n) is 3.29. The van der Waals surface area contributed by atoms with E-state index in [2.05, 4.69) is 24.9 Å². The maximum absolute atomic E-state index is 13.1. The van der Waals surface area contributed by atoms with E-state index in [4.69, 9.17) is 4.74 Å². The molecule has 1 saturated heterocycles. The molecule has 0 bridgehead atoms. The van der Waals surface area contributed by atoms with Gasteiger partial charge in [-0.2, -0.15) is 0 Å². The number of sulfonamides is 1. The lowest BCUT2D eigenvalue weighted by Crippen LogP contribution is -2.41. The molecule has 0 radical (unpaired) electrons. The average molecular weight is 458 g/mol. The van der Waals surface area contributed by atoms with E-state index in [9.17, 15) is 12.8 Å². The summed E-state index contributed by atoms with van der Waals surface area (Å²) >= 11 is 0. The van der Waals surface area contributed by atoms with Crippen molar-refractivity contribution in [2.24, 2.45) is 0 Å². The van der Waals surface area contributed by atoms with Gasteiger partial charge in [-0.3, -0.25) is 4.90 Å². The van der Waals surface area contributed by atoms with Crippen molar-refractivity contribution in [3.05, 3.63) is 66.6 Å². The van der Waals surface area contributed by atoms with Crippen LogP contribution < -0.4 is 10.0 Å². The highest BCUT2D eigenvalue weighted by Crippen LogP contribution is 2.21. The molecule has 0 amide bonds. The summed E-state index contributed by atoms with van der Waals surface area (Å²) in [7, 11) is -3.59. The van der Waals surface area contributed by atoms with E-state index in [1.54, 1.807) is 36.5 Å². The third-order valence-corrected chi connectivity index (χ3v) is 6.52. The second-order valence-electron chi connectivity index (χ2n) is 7.27. The van der Waals surface area contributed by atoms with Gasteiger partial charge in [0.15, 0.2) is 0 Å². The lowest BCUT2D eigenvalue weighted by Gasteiger charge is -2.26. The molecule has 8 nitrogen and oxygen atoms in total. The molecule has 1 aliphatic heterocycles.